The summed E-state index contributed by atoms with van der Waals surface area (Å²) in [5.41, 5.74) is 0. The summed E-state index contributed by atoms with van der Waals surface area (Å²) in [5, 5.41) is 22.0. The fraction of sp³-hybridized carbons (Fsp3) is 0.500. The van der Waals surface area contributed by atoms with E-state index in [9.17, 15) is 4.79 Å². The van der Waals surface area contributed by atoms with E-state index in [2.05, 4.69) is 25.7 Å². The van der Waals surface area contributed by atoms with Gasteiger partial charge < -0.3 is 14.0 Å². The van der Waals surface area contributed by atoms with Crippen molar-refractivity contribution in [3.05, 3.63) is 35.1 Å². The molecule has 1 amide bonds. The fourth-order valence-corrected chi connectivity index (χ4v) is 5.45. The van der Waals surface area contributed by atoms with Crippen molar-refractivity contribution in [2.75, 3.05) is 18.2 Å². The van der Waals surface area contributed by atoms with Crippen LogP contribution in [0.15, 0.2) is 29.4 Å². The maximum atomic E-state index is 12.4. The summed E-state index contributed by atoms with van der Waals surface area (Å²) >= 11 is 2.80. The van der Waals surface area contributed by atoms with Crippen molar-refractivity contribution < 1.29 is 14.3 Å². The van der Waals surface area contributed by atoms with E-state index in [0.717, 1.165) is 23.6 Å². The van der Waals surface area contributed by atoms with Crippen LogP contribution in [0.3, 0.4) is 0 Å². The molecule has 4 rings (SSSR count). The highest BCUT2D eigenvalue weighted by molar-refractivity contribution is 7.99. The number of hydrogen-bond acceptors (Lipinski definition) is 9. The molecule has 1 fully saturated rings. The second-order valence-corrected chi connectivity index (χ2v) is 9.90. The Kier molecular flexibility index (Phi) is 7.81. The quantitative estimate of drug-likeness (QED) is 0.436. The molecule has 0 bridgehead atoms. The van der Waals surface area contributed by atoms with Gasteiger partial charge in [0, 0.05) is 13.0 Å². The molecule has 1 aromatic carbocycles. The molecule has 11 heteroatoms. The predicted octanol–water partition coefficient (Wildman–Crippen LogP) is 4.59. The van der Waals surface area contributed by atoms with E-state index >= 15 is 0 Å². The number of carbonyl (C=O) groups is 1. The Labute approximate surface area is 201 Å². The van der Waals surface area contributed by atoms with Crippen molar-refractivity contribution in [2.24, 2.45) is 7.05 Å². The van der Waals surface area contributed by atoms with Gasteiger partial charge in [-0.1, -0.05) is 42.4 Å². The molecule has 2 heterocycles. The average molecular weight is 489 g/mol. The molecule has 1 atom stereocenters. The first-order valence-corrected chi connectivity index (χ1v) is 12.8. The second kappa shape index (κ2) is 11.0. The fourth-order valence-electron chi connectivity index (χ4n) is 3.80. The molecule has 0 radical (unpaired) electrons. The molecule has 9 nitrogen and oxygen atoms in total. The van der Waals surface area contributed by atoms with E-state index in [-0.39, 0.29) is 17.8 Å². The van der Waals surface area contributed by atoms with Gasteiger partial charge in [-0.15, -0.1) is 20.4 Å². The number of benzene rings is 1. The number of nitrogens with one attached hydrogen (secondary N) is 1. The SMILES string of the molecule is COc1ccc(OC(C)c2nnc(SCC(=O)Nc3nnc(C4CCCCC4)s3)n2C)cc1. The highest BCUT2D eigenvalue weighted by Gasteiger charge is 2.21. The van der Waals surface area contributed by atoms with E-state index in [1.807, 2.05) is 42.8 Å². The topological polar surface area (TPSA) is 104 Å². The van der Waals surface area contributed by atoms with Gasteiger partial charge in [0.1, 0.15) is 16.5 Å². The van der Waals surface area contributed by atoms with Crippen LogP contribution in [0.4, 0.5) is 5.13 Å². The third-order valence-corrected chi connectivity index (χ3v) is 7.60. The number of rotatable bonds is 9. The van der Waals surface area contributed by atoms with Crippen LogP contribution in [-0.4, -0.2) is 43.7 Å². The number of aromatic nitrogens is 5. The number of hydrogen-bond donors (Lipinski definition) is 1. The van der Waals surface area contributed by atoms with Gasteiger partial charge in [-0.05, 0) is 44.0 Å². The van der Waals surface area contributed by atoms with Gasteiger partial charge in [0.05, 0.1) is 12.9 Å². The van der Waals surface area contributed by atoms with Crippen LogP contribution in [0.25, 0.3) is 0 Å². The van der Waals surface area contributed by atoms with E-state index < -0.39 is 0 Å². The Morgan fingerprint density at radius 3 is 2.61 bits per heavy atom. The second-order valence-electron chi connectivity index (χ2n) is 7.95. The van der Waals surface area contributed by atoms with Gasteiger partial charge in [-0.2, -0.15) is 0 Å². The minimum Gasteiger partial charge on any atom is -0.497 e. The number of thioether (sulfide) groups is 1. The van der Waals surface area contributed by atoms with Gasteiger partial charge in [0.25, 0.3) is 0 Å². The molecule has 0 spiro atoms. The number of ether oxygens (including phenoxy) is 2. The van der Waals surface area contributed by atoms with Gasteiger partial charge in [-0.25, -0.2) is 0 Å². The molecule has 0 saturated heterocycles. The van der Waals surface area contributed by atoms with Crippen molar-refractivity contribution in [2.45, 2.75) is 56.2 Å². The van der Waals surface area contributed by atoms with Crippen molar-refractivity contribution >= 4 is 34.1 Å². The minimum atomic E-state index is -0.307. The number of methoxy groups -OCH3 is 1. The van der Waals surface area contributed by atoms with Gasteiger partial charge in [-0.3, -0.25) is 10.1 Å². The number of anilines is 1. The van der Waals surface area contributed by atoms with Crippen LogP contribution in [0.5, 0.6) is 11.5 Å². The lowest BCUT2D eigenvalue weighted by Gasteiger charge is -2.18. The largest absolute Gasteiger partial charge is 0.497 e. The van der Waals surface area contributed by atoms with Crippen LogP contribution in [0, 0.1) is 0 Å². The zero-order chi connectivity index (χ0) is 23.2. The van der Waals surface area contributed by atoms with Crippen molar-refractivity contribution in [3.63, 3.8) is 0 Å². The summed E-state index contributed by atoms with van der Waals surface area (Å²) in [6.07, 6.45) is 5.80. The molecule has 1 saturated carbocycles. The zero-order valence-electron chi connectivity index (χ0n) is 19.0. The van der Waals surface area contributed by atoms with E-state index in [1.165, 1.54) is 42.4 Å². The van der Waals surface area contributed by atoms with E-state index in [0.29, 0.717) is 27.8 Å². The number of carbonyl (C=O) groups excluding carboxylic acids is 1. The molecule has 33 heavy (non-hydrogen) atoms. The molecular weight excluding hydrogens is 460 g/mol. The first-order valence-electron chi connectivity index (χ1n) is 11.0. The zero-order valence-corrected chi connectivity index (χ0v) is 20.6. The molecule has 3 aromatic rings. The summed E-state index contributed by atoms with van der Waals surface area (Å²) in [5.74, 6) is 2.70. The minimum absolute atomic E-state index is 0.140. The number of nitrogens with zero attached hydrogens (tertiary/aromatic N) is 5. The lowest BCUT2D eigenvalue weighted by Crippen LogP contribution is -2.14. The molecule has 1 unspecified atom stereocenters. The molecule has 2 aromatic heterocycles. The van der Waals surface area contributed by atoms with Crippen LogP contribution >= 0.6 is 23.1 Å². The van der Waals surface area contributed by atoms with Crippen LogP contribution in [0.1, 0.15) is 61.9 Å². The van der Waals surface area contributed by atoms with Crippen LogP contribution in [0.2, 0.25) is 0 Å². The van der Waals surface area contributed by atoms with Gasteiger partial charge in [0.2, 0.25) is 11.0 Å². The Hall–Kier alpha value is -2.66. The lowest BCUT2D eigenvalue weighted by atomic mass is 9.90. The Balaban J connectivity index is 1.29. The first-order chi connectivity index (χ1) is 16.0. The van der Waals surface area contributed by atoms with Gasteiger partial charge >= 0.3 is 0 Å². The summed E-state index contributed by atoms with van der Waals surface area (Å²) < 4.78 is 13.0. The maximum absolute atomic E-state index is 12.4. The van der Waals surface area contributed by atoms with Crippen molar-refractivity contribution in [1.29, 1.82) is 0 Å². The summed E-state index contributed by atoms with van der Waals surface area (Å²) in [4.78, 5) is 12.4. The molecule has 176 valence electrons. The van der Waals surface area contributed by atoms with Crippen molar-refractivity contribution in [1.82, 2.24) is 25.0 Å². The monoisotopic (exact) mass is 488 g/mol. The Morgan fingerprint density at radius 1 is 1.15 bits per heavy atom. The van der Waals surface area contributed by atoms with Crippen molar-refractivity contribution in [3.8, 4) is 11.5 Å². The Morgan fingerprint density at radius 2 is 1.88 bits per heavy atom. The smallest absolute Gasteiger partial charge is 0.236 e. The molecule has 1 aliphatic rings. The van der Waals surface area contributed by atoms with Crippen LogP contribution < -0.4 is 14.8 Å². The highest BCUT2D eigenvalue weighted by Crippen LogP contribution is 2.35. The average Bonchev–Trinajstić information content (AvgIpc) is 3.45. The maximum Gasteiger partial charge on any atom is 0.236 e. The molecule has 1 N–H and O–H groups in total. The highest BCUT2D eigenvalue weighted by atomic mass is 32.2. The normalized spacial score (nSPS) is 15.2. The summed E-state index contributed by atoms with van der Waals surface area (Å²) in [7, 11) is 3.49. The standard InChI is InChI=1S/C22H28N6O3S2/c1-14(31-17-11-9-16(30-3)10-12-17)19-24-27-22(28(19)2)32-13-18(29)23-21-26-25-20(33-21)15-7-5-4-6-8-15/h9-12,14-15H,4-8,13H2,1-3H3,(H,23,26,29). The molecule has 0 aliphatic heterocycles. The lowest BCUT2D eigenvalue weighted by molar-refractivity contribution is -0.113. The van der Waals surface area contributed by atoms with E-state index in [1.54, 1.807) is 7.11 Å². The third kappa shape index (κ3) is 6.02. The first kappa shape index (κ1) is 23.5. The predicted molar refractivity (Wildman–Crippen MR) is 128 cm³/mol. The third-order valence-electron chi connectivity index (χ3n) is 5.58. The summed E-state index contributed by atoms with van der Waals surface area (Å²) in [6.45, 7) is 1.91. The van der Waals surface area contributed by atoms with Gasteiger partial charge in [0.15, 0.2) is 17.1 Å². The van der Waals surface area contributed by atoms with Crippen LogP contribution in [-0.2, 0) is 11.8 Å². The van der Waals surface area contributed by atoms with E-state index in [4.69, 9.17) is 9.47 Å². The summed E-state index contributed by atoms with van der Waals surface area (Å²) in [6, 6.07) is 7.38. The molecule has 1 aliphatic carbocycles. The molecular formula is C22H28N6O3S2. The number of amides is 1. The Bertz CT molecular complexity index is 1060.